The molecule has 3 rings (SSSR count). The Morgan fingerprint density at radius 3 is 2.80 bits per heavy atom. The Morgan fingerprint density at radius 1 is 1.20 bits per heavy atom. The largest absolute Gasteiger partial charge is 0.441 e. The van der Waals surface area contributed by atoms with Gasteiger partial charge in [0.25, 0.3) is 0 Å². The number of carbonyl (C=O) groups excluding carboxylic acids is 1. The van der Waals surface area contributed by atoms with E-state index in [1.165, 1.54) is 0 Å². The summed E-state index contributed by atoms with van der Waals surface area (Å²) < 4.78 is 10.6. The Kier molecular flexibility index (Phi) is 3.09. The smallest absolute Gasteiger partial charge is 0.417 e. The van der Waals surface area contributed by atoms with Crippen molar-refractivity contribution in [1.29, 1.82) is 0 Å². The zero-order chi connectivity index (χ0) is 13.9. The number of ether oxygens (including phenoxy) is 1. The van der Waals surface area contributed by atoms with Crippen LogP contribution in [0.25, 0.3) is 11.1 Å². The maximum absolute atomic E-state index is 11.7. The van der Waals surface area contributed by atoms with Crippen LogP contribution in [0.3, 0.4) is 0 Å². The van der Waals surface area contributed by atoms with Crippen molar-refractivity contribution in [3.8, 4) is 5.75 Å². The molecule has 1 amide bonds. The molecule has 1 aromatic heterocycles. The summed E-state index contributed by atoms with van der Waals surface area (Å²) in [4.78, 5) is 15.9. The lowest BCUT2D eigenvalue weighted by molar-refractivity contribution is 0.215. The van der Waals surface area contributed by atoms with Gasteiger partial charge in [-0.3, -0.25) is 5.32 Å². The fourth-order valence-corrected chi connectivity index (χ4v) is 1.86. The average Bonchev–Trinajstić information content (AvgIpc) is 2.79. The zero-order valence-corrected chi connectivity index (χ0v) is 10.8. The molecule has 0 aliphatic carbocycles. The Bertz CT molecular complexity index is 750. The first kappa shape index (κ1) is 12.2. The monoisotopic (exact) mass is 268 g/mol. The van der Waals surface area contributed by atoms with Crippen LogP contribution < -0.4 is 10.1 Å². The number of nitrogens with one attached hydrogen (secondary N) is 1. The number of rotatable bonds is 2. The molecule has 5 heteroatoms. The minimum Gasteiger partial charge on any atom is -0.441 e. The van der Waals surface area contributed by atoms with E-state index in [-0.39, 0.29) is 0 Å². The molecule has 0 aliphatic rings. The average molecular weight is 268 g/mol. The van der Waals surface area contributed by atoms with Crippen LogP contribution in [0.15, 0.2) is 52.9 Å². The molecule has 0 bridgehead atoms. The van der Waals surface area contributed by atoms with Crippen molar-refractivity contribution < 1.29 is 13.9 Å². The van der Waals surface area contributed by atoms with Crippen LogP contribution in [0.2, 0.25) is 0 Å². The molecule has 1 heterocycles. The van der Waals surface area contributed by atoms with Gasteiger partial charge < -0.3 is 9.15 Å². The van der Waals surface area contributed by atoms with Crippen molar-refractivity contribution in [2.45, 2.75) is 6.92 Å². The van der Waals surface area contributed by atoms with Gasteiger partial charge in [0, 0.05) is 18.7 Å². The number of amides is 1. The van der Waals surface area contributed by atoms with E-state index >= 15 is 0 Å². The lowest BCUT2D eigenvalue weighted by Gasteiger charge is -2.05. The van der Waals surface area contributed by atoms with E-state index in [1.807, 2.05) is 18.2 Å². The first-order valence-corrected chi connectivity index (χ1v) is 6.12. The molecule has 100 valence electrons. The number of para-hydroxylation sites is 1. The van der Waals surface area contributed by atoms with Gasteiger partial charge >= 0.3 is 6.09 Å². The number of hydrogen-bond acceptors (Lipinski definition) is 4. The van der Waals surface area contributed by atoms with Crippen molar-refractivity contribution in [2.24, 2.45) is 0 Å². The first-order chi connectivity index (χ1) is 9.70. The highest BCUT2D eigenvalue weighted by molar-refractivity contribution is 5.86. The van der Waals surface area contributed by atoms with Crippen LogP contribution in [-0.4, -0.2) is 11.1 Å². The normalized spacial score (nSPS) is 10.4. The quantitative estimate of drug-likeness (QED) is 0.768. The molecule has 20 heavy (non-hydrogen) atoms. The Hall–Kier alpha value is -2.82. The Balaban J connectivity index is 1.74. The fourth-order valence-electron chi connectivity index (χ4n) is 1.86. The molecule has 2 aromatic carbocycles. The van der Waals surface area contributed by atoms with Gasteiger partial charge in [0.2, 0.25) is 0 Å². The van der Waals surface area contributed by atoms with Crippen molar-refractivity contribution >= 4 is 22.9 Å². The molecule has 0 saturated heterocycles. The van der Waals surface area contributed by atoms with Crippen LogP contribution in [0.5, 0.6) is 5.75 Å². The molecule has 0 aliphatic heterocycles. The summed E-state index contributed by atoms with van der Waals surface area (Å²) in [6, 6.07) is 14.2. The van der Waals surface area contributed by atoms with E-state index in [2.05, 4.69) is 10.3 Å². The van der Waals surface area contributed by atoms with Gasteiger partial charge in [0.1, 0.15) is 11.3 Å². The summed E-state index contributed by atoms with van der Waals surface area (Å²) in [7, 11) is 0. The maximum Gasteiger partial charge on any atom is 0.417 e. The van der Waals surface area contributed by atoms with E-state index in [0.29, 0.717) is 22.9 Å². The molecule has 0 fully saturated rings. The van der Waals surface area contributed by atoms with Crippen molar-refractivity contribution in [3.05, 3.63) is 54.4 Å². The number of aromatic nitrogens is 1. The molecule has 1 N–H and O–H groups in total. The maximum atomic E-state index is 11.7. The third-order valence-electron chi connectivity index (χ3n) is 2.70. The van der Waals surface area contributed by atoms with Crippen molar-refractivity contribution in [2.75, 3.05) is 5.32 Å². The van der Waals surface area contributed by atoms with Gasteiger partial charge in [0.15, 0.2) is 11.5 Å². The minimum absolute atomic E-state index is 0.405. The number of hydrogen-bond donors (Lipinski definition) is 1. The highest BCUT2D eigenvalue weighted by Gasteiger charge is 2.08. The summed E-state index contributed by atoms with van der Waals surface area (Å²) in [6.45, 7) is 1.77. The standard InChI is InChI=1S/C15H12N2O3/c1-10-16-13-8-7-12(9-14(13)19-10)20-15(18)17-11-5-3-2-4-6-11/h2-9H,1H3,(H,17,18). The number of anilines is 1. The SMILES string of the molecule is Cc1nc2ccc(OC(=O)Nc3ccccc3)cc2o1. The summed E-state index contributed by atoms with van der Waals surface area (Å²) in [5, 5.41) is 2.64. The van der Waals surface area contributed by atoms with Crippen LogP contribution >= 0.6 is 0 Å². The van der Waals surface area contributed by atoms with E-state index in [4.69, 9.17) is 9.15 Å². The summed E-state index contributed by atoms with van der Waals surface area (Å²) in [6.07, 6.45) is -0.549. The number of oxazole rings is 1. The highest BCUT2D eigenvalue weighted by Crippen LogP contribution is 2.21. The number of nitrogens with zero attached hydrogens (tertiary/aromatic N) is 1. The molecule has 5 nitrogen and oxygen atoms in total. The molecule has 0 saturated carbocycles. The highest BCUT2D eigenvalue weighted by atomic mass is 16.6. The predicted octanol–water partition coefficient (Wildman–Crippen LogP) is 3.75. The summed E-state index contributed by atoms with van der Waals surface area (Å²) in [5.41, 5.74) is 2.00. The second kappa shape index (κ2) is 5.05. The zero-order valence-electron chi connectivity index (χ0n) is 10.8. The van der Waals surface area contributed by atoms with Crippen molar-refractivity contribution in [1.82, 2.24) is 4.98 Å². The third-order valence-corrected chi connectivity index (χ3v) is 2.70. The van der Waals surface area contributed by atoms with Crippen LogP contribution in [0.4, 0.5) is 10.5 Å². The van der Waals surface area contributed by atoms with E-state index in [9.17, 15) is 4.79 Å². The van der Waals surface area contributed by atoms with E-state index in [1.54, 1.807) is 37.3 Å². The summed E-state index contributed by atoms with van der Waals surface area (Å²) in [5.74, 6) is 0.980. The first-order valence-electron chi connectivity index (χ1n) is 6.12. The van der Waals surface area contributed by atoms with Crippen LogP contribution in [0.1, 0.15) is 5.89 Å². The molecule has 0 unspecified atom stereocenters. The van der Waals surface area contributed by atoms with Gasteiger partial charge in [-0.1, -0.05) is 18.2 Å². The second-order valence-electron chi connectivity index (χ2n) is 4.24. The Labute approximate surface area is 115 Å². The molecule has 3 aromatic rings. The number of fused-ring (bicyclic) bond motifs is 1. The fraction of sp³-hybridized carbons (Fsp3) is 0.0667. The lowest BCUT2D eigenvalue weighted by atomic mass is 10.3. The van der Waals surface area contributed by atoms with Crippen LogP contribution in [0, 0.1) is 6.92 Å². The second-order valence-corrected chi connectivity index (χ2v) is 4.24. The van der Waals surface area contributed by atoms with E-state index < -0.39 is 6.09 Å². The summed E-state index contributed by atoms with van der Waals surface area (Å²) >= 11 is 0. The Morgan fingerprint density at radius 2 is 2.00 bits per heavy atom. The van der Waals surface area contributed by atoms with E-state index in [0.717, 1.165) is 5.52 Å². The van der Waals surface area contributed by atoms with Gasteiger partial charge in [0.05, 0.1) is 0 Å². The van der Waals surface area contributed by atoms with Gasteiger partial charge in [-0.25, -0.2) is 9.78 Å². The number of aryl methyl sites for hydroxylation is 1. The predicted molar refractivity (Wildman–Crippen MR) is 74.8 cm³/mol. The van der Waals surface area contributed by atoms with Gasteiger partial charge in [-0.05, 0) is 24.3 Å². The van der Waals surface area contributed by atoms with Gasteiger partial charge in [-0.15, -0.1) is 0 Å². The van der Waals surface area contributed by atoms with Crippen LogP contribution in [-0.2, 0) is 0 Å². The molecule has 0 radical (unpaired) electrons. The molecular weight excluding hydrogens is 256 g/mol. The molecular formula is C15H12N2O3. The number of carbonyl (C=O) groups is 1. The topological polar surface area (TPSA) is 64.4 Å². The molecule has 0 atom stereocenters. The minimum atomic E-state index is -0.549. The third kappa shape index (κ3) is 2.61. The number of benzene rings is 2. The molecule has 0 spiro atoms. The lowest BCUT2D eigenvalue weighted by Crippen LogP contribution is -2.16. The van der Waals surface area contributed by atoms with Gasteiger partial charge in [-0.2, -0.15) is 0 Å². The van der Waals surface area contributed by atoms with Crippen molar-refractivity contribution in [3.63, 3.8) is 0 Å².